The number of anilines is 2. The Labute approximate surface area is 172 Å². The van der Waals surface area contributed by atoms with Crippen molar-refractivity contribution in [3.63, 3.8) is 0 Å². The molecular weight excluding hydrogens is 368 g/mol. The number of hydrogen-bond donors (Lipinski definition) is 2. The third-order valence-corrected chi connectivity index (χ3v) is 4.83. The predicted octanol–water partition coefficient (Wildman–Crippen LogP) is 5.11. The second-order valence-electron chi connectivity index (χ2n) is 6.81. The molecule has 2 aromatic rings. The molecule has 2 aromatic carbocycles. The third kappa shape index (κ3) is 5.98. The van der Waals surface area contributed by atoms with Crippen molar-refractivity contribution in [2.45, 2.75) is 39.5 Å². The first kappa shape index (κ1) is 22.3. The number of hydrogen-bond acceptors (Lipinski definition) is 4. The topological polar surface area (TPSA) is 76.7 Å². The average molecular weight is 399 g/mol. The summed E-state index contributed by atoms with van der Waals surface area (Å²) in [6.07, 6.45) is 3.69. The number of carbonyl (C=O) groups is 2. The Balaban J connectivity index is 2.25. The molecule has 0 saturated carbocycles. The standard InChI is InChI=1S/C23H30N2O4/c1-5-7-11-16(6-2)22(26)24-18-14-21(29-4)19(15-20(18)28-3)25-23(27)17-12-9-8-10-13-17/h8-10,12-16H,5-7,11H2,1-4H3,(H,24,26)(H,25,27)/t16-/m1/s1. The molecule has 0 unspecified atom stereocenters. The summed E-state index contributed by atoms with van der Waals surface area (Å²) in [4.78, 5) is 25.2. The largest absolute Gasteiger partial charge is 0.494 e. The van der Waals surface area contributed by atoms with Crippen LogP contribution in [0.4, 0.5) is 11.4 Å². The molecule has 0 aliphatic rings. The number of ether oxygens (including phenoxy) is 2. The smallest absolute Gasteiger partial charge is 0.255 e. The average Bonchev–Trinajstić information content (AvgIpc) is 2.75. The minimum Gasteiger partial charge on any atom is -0.494 e. The Bertz CT molecular complexity index is 821. The maximum atomic E-state index is 12.7. The maximum absolute atomic E-state index is 12.7. The van der Waals surface area contributed by atoms with Crippen LogP contribution in [0.15, 0.2) is 42.5 Å². The van der Waals surface area contributed by atoms with Gasteiger partial charge in [-0.25, -0.2) is 0 Å². The summed E-state index contributed by atoms with van der Waals surface area (Å²) in [6, 6.07) is 12.2. The minimum absolute atomic E-state index is 0.0395. The van der Waals surface area contributed by atoms with Crippen LogP contribution in [0.25, 0.3) is 0 Å². The Hall–Kier alpha value is -3.02. The lowest BCUT2D eigenvalue weighted by atomic mass is 9.98. The van der Waals surface area contributed by atoms with E-state index >= 15 is 0 Å². The summed E-state index contributed by atoms with van der Waals surface area (Å²) in [5.74, 6) is 0.540. The van der Waals surface area contributed by atoms with Gasteiger partial charge >= 0.3 is 0 Å². The van der Waals surface area contributed by atoms with E-state index in [0.29, 0.717) is 28.4 Å². The lowest BCUT2D eigenvalue weighted by molar-refractivity contribution is -0.120. The molecule has 0 aliphatic heterocycles. The van der Waals surface area contributed by atoms with E-state index in [2.05, 4.69) is 17.6 Å². The van der Waals surface area contributed by atoms with Crippen LogP contribution < -0.4 is 20.1 Å². The number of unbranched alkanes of at least 4 members (excludes halogenated alkanes) is 1. The molecule has 0 aromatic heterocycles. The number of carbonyl (C=O) groups excluding carboxylic acids is 2. The van der Waals surface area contributed by atoms with Crippen molar-refractivity contribution in [3.8, 4) is 11.5 Å². The molecule has 0 fully saturated rings. The van der Waals surface area contributed by atoms with Crippen molar-refractivity contribution in [2.24, 2.45) is 5.92 Å². The van der Waals surface area contributed by atoms with E-state index in [9.17, 15) is 9.59 Å². The van der Waals surface area contributed by atoms with E-state index in [1.54, 1.807) is 36.4 Å². The monoisotopic (exact) mass is 398 g/mol. The minimum atomic E-state index is -0.256. The summed E-state index contributed by atoms with van der Waals surface area (Å²) in [6.45, 7) is 4.13. The summed E-state index contributed by atoms with van der Waals surface area (Å²) in [5.41, 5.74) is 1.52. The van der Waals surface area contributed by atoms with Gasteiger partial charge in [0, 0.05) is 23.6 Å². The second-order valence-corrected chi connectivity index (χ2v) is 6.81. The van der Waals surface area contributed by atoms with E-state index in [1.165, 1.54) is 14.2 Å². The molecule has 0 aliphatic carbocycles. The van der Waals surface area contributed by atoms with Crippen LogP contribution in [0.3, 0.4) is 0 Å². The molecule has 6 heteroatoms. The highest BCUT2D eigenvalue weighted by Crippen LogP contribution is 2.37. The van der Waals surface area contributed by atoms with Crippen LogP contribution in [0.2, 0.25) is 0 Å². The lowest BCUT2D eigenvalue weighted by Gasteiger charge is -2.19. The van der Waals surface area contributed by atoms with Crippen LogP contribution in [0, 0.1) is 5.92 Å². The van der Waals surface area contributed by atoms with Crippen LogP contribution in [0.1, 0.15) is 49.9 Å². The van der Waals surface area contributed by atoms with Crippen molar-refractivity contribution in [1.82, 2.24) is 0 Å². The fourth-order valence-electron chi connectivity index (χ4n) is 3.08. The van der Waals surface area contributed by atoms with Crippen LogP contribution in [-0.2, 0) is 4.79 Å². The van der Waals surface area contributed by atoms with Gasteiger partial charge in [0.25, 0.3) is 5.91 Å². The van der Waals surface area contributed by atoms with Crippen molar-refractivity contribution in [3.05, 3.63) is 48.0 Å². The van der Waals surface area contributed by atoms with Gasteiger partial charge in [0.2, 0.25) is 5.91 Å². The molecule has 0 bridgehead atoms. The Morgan fingerprint density at radius 1 is 0.931 bits per heavy atom. The van der Waals surface area contributed by atoms with Gasteiger partial charge in [-0.2, -0.15) is 0 Å². The van der Waals surface area contributed by atoms with Gasteiger partial charge in [0.1, 0.15) is 11.5 Å². The molecule has 2 rings (SSSR count). The van der Waals surface area contributed by atoms with Gasteiger partial charge in [-0.3, -0.25) is 9.59 Å². The molecule has 156 valence electrons. The van der Waals surface area contributed by atoms with Crippen LogP contribution in [0.5, 0.6) is 11.5 Å². The molecule has 0 radical (unpaired) electrons. The Morgan fingerprint density at radius 3 is 2.03 bits per heavy atom. The van der Waals surface area contributed by atoms with Crippen molar-refractivity contribution < 1.29 is 19.1 Å². The second kappa shape index (κ2) is 11.1. The highest BCUT2D eigenvalue weighted by Gasteiger charge is 2.20. The van der Waals surface area contributed by atoms with Gasteiger partial charge in [0.15, 0.2) is 0 Å². The molecule has 0 saturated heterocycles. The van der Waals surface area contributed by atoms with Gasteiger partial charge in [-0.1, -0.05) is 44.9 Å². The molecule has 2 N–H and O–H groups in total. The normalized spacial score (nSPS) is 11.4. The number of benzene rings is 2. The van der Waals surface area contributed by atoms with Crippen LogP contribution >= 0.6 is 0 Å². The summed E-state index contributed by atoms with van der Waals surface area (Å²) < 4.78 is 10.9. The quantitative estimate of drug-likeness (QED) is 0.583. The molecule has 0 heterocycles. The van der Waals surface area contributed by atoms with E-state index in [-0.39, 0.29) is 17.7 Å². The van der Waals surface area contributed by atoms with Gasteiger partial charge in [0.05, 0.1) is 25.6 Å². The third-order valence-electron chi connectivity index (χ3n) is 4.83. The number of nitrogens with one attached hydrogen (secondary N) is 2. The summed E-state index contributed by atoms with van der Waals surface area (Å²) in [5, 5.41) is 5.79. The first-order chi connectivity index (χ1) is 14.0. The van der Waals surface area contributed by atoms with Gasteiger partial charge in [-0.15, -0.1) is 0 Å². The Kier molecular flexibility index (Phi) is 8.52. The molecule has 2 amide bonds. The highest BCUT2D eigenvalue weighted by atomic mass is 16.5. The fourth-order valence-corrected chi connectivity index (χ4v) is 3.08. The van der Waals surface area contributed by atoms with E-state index in [4.69, 9.17) is 9.47 Å². The lowest BCUT2D eigenvalue weighted by Crippen LogP contribution is -2.22. The molecule has 29 heavy (non-hydrogen) atoms. The van der Waals surface area contributed by atoms with E-state index in [1.807, 2.05) is 13.0 Å². The molecule has 6 nitrogen and oxygen atoms in total. The van der Waals surface area contributed by atoms with E-state index < -0.39 is 0 Å². The van der Waals surface area contributed by atoms with Crippen molar-refractivity contribution in [2.75, 3.05) is 24.9 Å². The molecule has 0 spiro atoms. The first-order valence-corrected chi connectivity index (χ1v) is 9.97. The molecule has 1 atom stereocenters. The summed E-state index contributed by atoms with van der Waals surface area (Å²) >= 11 is 0. The van der Waals surface area contributed by atoms with Crippen LogP contribution in [-0.4, -0.2) is 26.0 Å². The van der Waals surface area contributed by atoms with Gasteiger partial charge in [-0.05, 0) is 25.0 Å². The number of methoxy groups -OCH3 is 2. The first-order valence-electron chi connectivity index (χ1n) is 9.97. The number of amides is 2. The van der Waals surface area contributed by atoms with Crippen molar-refractivity contribution >= 4 is 23.2 Å². The van der Waals surface area contributed by atoms with Crippen molar-refractivity contribution in [1.29, 1.82) is 0 Å². The van der Waals surface area contributed by atoms with E-state index in [0.717, 1.165) is 25.7 Å². The zero-order chi connectivity index (χ0) is 21.2. The highest BCUT2D eigenvalue weighted by molar-refractivity contribution is 6.05. The predicted molar refractivity (Wildman–Crippen MR) is 116 cm³/mol. The Morgan fingerprint density at radius 2 is 1.52 bits per heavy atom. The molecular formula is C23H30N2O4. The SMILES string of the molecule is CCCC[C@@H](CC)C(=O)Nc1cc(OC)c(NC(=O)c2ccccc2)cc1OC. The maximum Gasteiger partial charge on any atom is 0.255 e. The number of rotatable bonds is 10. The zero-order valence-corrected chi connectivity index (χ0v) is 17.6. The van der Waals surface area contributed by atoms with Gasteiger partial charge < -0.3 is 20.1 Å². The summed E-state index contributed by atoms with van der Waals surface area (Å²) in [7, 11) is 3.04. The zero-order valence-electron chi connectivity index (χ0n) is 17.6. The fraction of sp³-hybridized carbons (Fsp3) is 0.391.